The Morgan fingerprint density at radius 2 is 2.10 bits per heavy atom. The van der Waals surface area contributed by atoms with Crippen molar-refractivity contribution in [1.82, 2.24) is 0 Å². The molecule has 0 aromatic rings. The second kappa shape index (κ2) is 5.21. The van der Waals surface area contributed by atoms with Crippen LogP contribution in [0, 0.1) is 11.3 Å². The third-order valence-electron chi connectivity index (χ3n) is 0.979. The Bertz CT molecular complexity index is 119. The minimum Gasteiger partial charge on any atom is -0.353 e. The van der Waals surface area contributed by atoms with Crippen molar-refractivity contribution >= 4 is 0 Å². The Labute approximate surface area is 61.5 Å². The molecule has 0 amide bonds. The fourth-order valence-corrected chi connectivity index (χ4v) is 0.592. The summed E-state index contributed by atoms with van der Waals surface area (Å²) in [4.78, 5) is 0. The number of hydrogen-bond donors (Lipinski definition) is 0. The lowest BCUT2D eigenvalue weighted by atomic mass is 10.4. The smallest absolute Gasteiger partial charge is 0.156 e. The minimum absolute atomic E-state index is 0.278. The molecule has 0 N–H and O–H groups in total. The Morgan fingerprint density at radius 3 is 2.50 bits per heavy atom. The first-order chi connectivity index (χ1) is 4.70. The van der Waals surface area contributed by atoms with Crippen molar-refractivity contribution in [2.75, 3.05) is 6.61 Å². The first-order valence-corrected chi connectivity index (χ1v) is 3.37. The fraction of sp³-hybridized carbons (Fsp3) is 0.857. The van der Waals surface area contributed by atoms with Crippen molar-refractivity contribution in [2.45, 2.75) is 33.2 Å². The van der Waals surface area contributed by atoms with Crippen LogP contribution in [0.2, 0.25) is 0 Å². The summed E-state index contributed by atoms with van der Waals surface area (Å²) in [6.45, 7) is 5.96. The molecule has 0 spiro atoms. The summed E-state index contributed by atoms with van der Waals surface area (Å²) >= 11 is 0. The molecule has 58 valence electrons. The van der Waals surface area contributed by atoms with E-state index >= 15 is 0 Å². The molecule has 3 nitrogen and oxygen atoms in total. The molecule has 2 unspecified atom stereocenters. The van der Waals surface area contributed by atoms with E-state index < -0.39 is 0 Å². The Kier molecular flexibility index (Phi) is 4.91. The molecule has 0 aromatic heterocycles. The predicted molar refractivity (Wildman–Crippen MR) is 37.2 cm³/mol. The van der Waals surface area contributed by atoms with E-state index in [9.17, 15) is 0 Å². The molecule has 3 heteroatoms. The van der Waals surface area contributed by atoms with E-state index in [0.717, 1.165) is 0 Å². The van der Waals surface area contributed by atoms with Crippen molar-refractivity contribution in [2.24, 2.45) is 0 Å². The van der Waals surface area contributed by atoms with Gasteiger partial charge in [-0.15, -0.1) is 0 Å². The molecule has 2 atom stereocenters. The van der Waals surface area contributed by atoms with Crippen molar-refractivity contribution < 1.29 is 9.47 Å². The maximum atomic E-state index is 8.32. The van der Waals surface area contributed by atoms with Crippen LogP contribution < -0.4 is 0 Å². The minimum atomic E-state index is -0.387. The predicted octanol–water partition coefficient (Wildman–Crippen LogP) is 1.30. The van der Waals surface area contributed by atoms with Crippen molar-refractivity contribution in [3.05, 3.63) is 0 Å². The van der Waals surface area contributed by atoms with Gasteiger partial charge in [-0.05, 0) is 20.8 Å². The molecule has 0 radical (unpaired) electrons. The molecule has 0 saturated heterocycles. The number of nitriles is 1. The van der Waals surface area contributed by atoms with Gasteiger partial charge in [0.1, 0.15) is 6.10 Å². The van der Waals surface area contributed by atoms with Gasteiger partial charge < -0.3 is 9.47 Å². The van der Waals surface area contributed by atoms with Crippen LogP contribution in [0.1, 0.15) is 20.8 Å². The Balaban J connectivity index is 3.39. The summed E-state index contributed by atoms with van der Waals surface area (Å²) in [7, 11) is 0. The second-order valence-corrected chi connectivity index (χ2v) is 1.93. The highest BCUT2D eigenvalue weighted by atomic mass is 16.7. The van der Waals surface area contributed by atoms with Gasteiger partial charge >= 0.3 is 0 Å². The van der Waals surface area contributed by atoms with Gasteiger partial charge in [0.2, 0.25) is 0 Å². The van der Waals surface area contributed by atoms with Crippen molar-refractivity contribution in [3.8, 4) is 6.07 Å². The van der Waals surface area contributed by atoms with Gasteiger partial charge in [0, 0.05) is 6.61 Å². The Morgan fingerprint density at radius 1 is 1.50 bits per heavy atom. The quantitative estimate of drug-likeness (QED) is 0.557. The molecule has 0 fully saturated rings. The summed E-state index contributed by atoms with van der Waals surface area (Å²) in [6.07, 6.45) is -0.666. The molecule has 0 aromatic carbocycles. The second-order valence-electron chi connectivity index (χ2n) is 1.93. The molecule has 10 heavy (non-hydrogen) atoms. The third kappa shape index (κ3) is 4.30. The van der Waals surface area contributed by atoms with E-state index in [1.807, 2.05) is 13.0 Å². The number of rotatable bonds is 4. The summed E-state index contributed by atoms with van der Waals surface area (Å²) < 4.78 is 10.1. The maximum Gasteiger partial charge on any atom is 0.156 e. The molecule has 0 saturated carbocycles. The van der Waals surface area contributed by atoms with Crippen LogP contribution in [-0.2, 0) is 9.47 Å². The number of hydrogen-bond acceptors (Lipinski definition) is 3. The first-order valence-electron chi connectivity index (χ1n) is 3.37. The van der Waals surface area contributed by atoms with E-state index in [-0.39, 0.29) is 12.4 Å². The molecular weight excluding hydrogens is 130 g/mol. The van der Waals surface area contributed by atoms with Crippen LogP contribution in [-0.4, -0.2) is 19.0 Å². The normalized spacial score (nSPS) is 15.8. The lowest BCUT2D eigenvalue weighted by molar-refractivity contribution is -0.139. The zero-order valence-electron chi connectivity index (χ0n) is 6.63. The molecule has 0 rings (SSSR count). The van der Waals surface area contributed by atoms with Crippen LogP contribution >= 0.6 is 0 Å². The molecule has 0 aliphatic heterocycles. The third-order valence-corrected chi connectivity index (χ3v) is 0.979. The van der Waals surface area contributed by atoms with Gasteiger partial charge in [0.25, 0.3) is 0 Å². The van der Waals surface area contributed by atoms with E-state index in [1.165, 1.54) is 0 Å². The van der Waals surface area contributed by atoms with Crippen molar-refractivity contribution in [1.29, 1.82) is 5.26 Å². The van der Waals surface area contributed by atoms with Crippen LogP contribution in [0.25, 0.3) is 0 Å². The van der Waals surface area contributed by atoms with Gasteiger partial charge in [0.05, 0.1) is 6.07 Å². The average Bonchev–Trinajstić information content (AvgIpc) is 1.88. The number of ether oxygens (including phenoxy) is 2. The average molecular weight is 143 g/mol. The van der Waals surface area contributed by atoms with Crippen LogP contribution in [0.4, 0.5) is 0 Å². The van der Waals surface area contributed by atoms with Crippen LogP contribution in [0.5, 0.6) is 0 Å². The van der Waals surface area contributed by atoms with Gasteiger partial charge in [-0.1, -0.05) is 0 Å². The van der Waals surface area contributed by atoms with Gasteiger partial charge in [-0.3, -0.25) is 0 Å². The standard InChI is InChI=1S/C7H13NO2/c1-4-9-7(3)10-6(2)5-8/h6-7H,4H2,1-3H3. The van der Waals surface area contributed by atoms with E-state index in [2.05, 4.69) is 0 Å². The molecule has 0 bridgehead atoms. The first kappa shape index (κ1) is 9.41. The fourth-order valence-electron chi connectivity index (χ4n) is 0.592. The molecular formula is C7H13NO2. The monoisotopic (exact) mass is 143 g/mol. The van der Waals surface area contributed by atoms with Gasteiger partial charge in [-0.25, -0.2) is 0 Å². The zero-order valence-corrected chi connectivity index (χ0v) is 6.63. The number of nitrogens with zero attached hydrogens (tertiary/aromatic N) is 1. The van der Waals surface area contributed by atoms with Gasteiger partial charge in [-0.2, -0.15) is 5.26 Å². The zero-order chi connectivity index (χ0) is 7.98. The van der Waals surface area contributed by atoms with Crippen LogP contribution in [0.3, 0.4) is 0 Å². The Hall–Kier alpha value is -0.590. The molecule has 0 aliphatic carbocycles. The van der Waals surface area contributed by atoms with E-state index in [4.69, 9.17) is 14.7 Å². The topological polar surface area (TPSA) is 42.2 Å². The lowest BCUT2D eigenvalue weighted by Crippen LogP contribution is -2.18. The largest absolute Gasteiger partial charge is 0.353 e. The van der Waals surface area contributed by atoms with Gasteiger partial charge in [0.15, 0.2) is 6.29 Å². The van der Waals surface area contributed by atoms with E-state index in [0.29, 0.717) is 6.61 Å². The highest BCUT2D eigenvalue weighted by molar-refractivity contribution is 4.79. The highest BCUT2D eigenvalue weighted by Gasteiger charge is 2.05. The molecule has 0 heterocycles. The summed E-state index contributed by atoms with van der Waals surface area (Å²) in [5.41, 5.74) is 0. The van der Waals surface area contributed by atoms with Crippen molar-refractivity contribution in [3.63, 3.8) is 0 Å². The lowest BCUT2D eigenvalue weighted by Gasteiger charge is -2.13. The highest BCUT2D eigenvalue weighted by Crippen LogP contribution is 1.97. The summed E-state index contributed by atoms with van der Waals surface area (Å²) in [5, 5.41) is 8.32. The summed E-state index contributed by atoms with van der Waals surface area (Å²) in [6, 6.07) is 1.95. The van der Waals surface area contributed by atoms with E-state index in [1.54, 1.807) is 13.8 Å². The maximum absolute atomic E-state index is 8.32. The molecule has 0 aliphatic rings. The summed E-state index contributed by atoms with van der Waals surface area (Å²) in [5.74, 6) is 0. The van der Waals surface area contributed by atoms with Crippen LogP contribution in [0.15, 0.2) is 0 Å². The SMILES string of the molecule is CCOC(C)OC(C)C#N.